The van der Waals surface area contributed by atoms with Crippen LogP contribution in [-0.4, -0.2) is 39.8 Å². The summed E-state index contributed by atoms with van der Waals surface area (Å²) >= 11 is 0. The summed E-state index contributed by atoms with van der Waals surface area (Å²) in [6.45, 7) is 1.02. The molecule has 0 amide bonds. The zero-order valence-electron chi connectivity index (χ0n) is 16.5. The summed E-state index contributed by atoms with van der Waals surface area (Å²) in [6.07, 6.45) is 1.97. The van der Waals surface area contributed by atoms with Gasteiger partial charge in [0.2, 0.25) is 5.43 Å². The summed E-state index contributed by atoms with van der Waals surface area (Å²) in [6, 6.07) is 14.3. The minimum absolute atomic E-state index is 0.0750. The molecule has 0 saturated carbocycles. The Kier molecular flexibility index (Phi) is 4.44. The van der Waals surface area contributed by atoms with E-state index in [1.807, 2.05) is 42.5 Å². The molecule has 0 unspecified atom stereocenters. The molecule has 2 aromatic carbocycles. The lowest BCUT2D eigenvalue weighted by Crippen LogP contribution is -2.28. The second-order valence-corrected chi connectivity index (χ2v) is 7.74. The summed E-state index contributed by atoms with van der Waals surface area (Å²) in [5.41, 5.74) is 5.57. The van der Waals surface area contributed by atoms with Gasteiger partial charge in [-0.2, -0.15) is 0 Å². The number of aromatic nitrogens is 2. The number of fused-ring (bicyclic) bond motifs is 2. The van der Waals surface area contributed by atoms with Gasteiger partial charge in [0.05, 0.1) is 5.39 Å². The molecule has 5 rings (SSSR count). The van der Waals surface area contributed by atoms with Crippen LogP contribution in [0.1, 0.15) is 16.8 Å². The van der Waals surface area contributed by atoms with Crippen LogP contribution in [0.2, 0.25) is 0 Å². The van der Waals surface area contributed by atoms with E-state index in [2.05, 4.69) is 4.98 Å². The fourth-order valence-corrected chi connectivity index (χ4v) is 4.09. The third-order valence-corrected chi connectivity index (χ3v) is 5.68. The van der Waals surface area contributed by atoms with Crippen molar-refractivity contribution in [3.05, 3.63) is 76.3 Å². The number of pyridine rings is 2. The molecule has 31 heavy (non-hydrogen) atoms. The van der Waals surface area contributed by atoms with E-state index >= 15 is 0 Å². The number of carbonyl (C=O) groups is 1. The summed E-state index contributed by atoms with van der Waals surface area (Å²) in [5, 5.41) is 11.4. The molecule has 0 radical (unpaired) electrons. The standard InChI is InChI=1S/C23H19FN4O3/c24-19-10-17-20(29)18(23(30)31)12-28(16-6-5-13-3-1-2-4-14(13)9-16)21(17)26-22(19)27-8-7-15(25)11-27/h1-6,9-10,12,15H,7-8,11,25H2,(H,30,31)/t15-/m0/s1. The number of hydrogen-bond donors (Lipinski definition) is 2. The Hall–Kier alpha value is -3.78. The average molecular weight is 418 g/mol. The Morgan fingerprint density at radius 3 is 2.65 bits per heavy atom. The predicted molar refractivity (Wildman–Crippen MR) is 117 cm³/mol. The Bertz CT molecular complexity index is 1420. The molecule has 1 atom stereocenters. The molecule has 3 heterocycles. The van der Waals surface area contributed by atoms with Gasteiger partial charge < -0.3 is 20.3 Å². The first-order valence-electron chi connectivity index (χ1n) is 9.91. The number of nitrogens with two attached hydrogens (primary N) is 1. The number of carboxylic acids is 1. The number of rotatable bonds is 3. The fourth-order valence-electron chi connectivity index (χ4n) is 4.09. The first kappa shape index (κ1) is 19.2. The minimum atomic E-state index is -1.38. The molecular formula is C23H19FN4O3. The van der Waals surface area contributed by atoms with Crippen molar-refractivity contribution in [3.8, 4) is 5.69 Å². The van der Waals surface area contributed by atoms with Crippen LogP contribution in [0.15, 0.2) is 59.5 Å². The second-order valence-electron chi connectivity index (χ2n) is 7.74. The van der Waals surface area contributed by atoms with E-state index in [9.17, 15) is 19.1 Å². The van der Waals surface area contributed by atoms with E-state index in [0.717, 1.165) is 16.8 Å². The van der Waals surface area contributed by atoms with Gasteiger partial charge in [0.1, 0.15) is 5.56 Å². The lowest BCUT2D eigenvalue weighted by atomic mass is 10.1. The number of benzene rings is 2. The maximum absolute atomic E-state index is 14.9. The Balaban J connectivity index is 1.81. The third kappa shape index (κ3) is 3.21. The quantitative estimate of drug-likeness (QED) is 0.531. The zero-order valence-corrected chi connectivity index (χ0v) is 16.5. The topological polar surface area (TPSA) is 101 Å². The molecular weight excluding hydrogens is 399 g/mol. The fraction of sp³-hybridized carbons (Fsp3) is 0.174. The lowest BCUT2D eigenvalue weighted by molar-refractivity contribution is 0.0695. The molecule has 0 bridgehead atoms. The van der Waals surface area contributed by atoms with Crippen molar-refractivity contribution in [1.29, 1.82) is 0 Å². The van der Waals surface area contributed by atoms with E-state index in [4.69, 9.17) is 5.73 Å². The first-order valence-corrected chi connectivity index (χ1v) is 9.91. The van der Waals surface area contributed by atoms with E-state index < -0.39 is 22.8 Å². The number of halogens is 1. The number of anilines is 1. The highest BCUT2D eigenvalue weighted by Gasteiger charge is 2.25. The van der Waals surface area contributed by atoms with Gasteiger partial charge >= 0.3 is 5.97 Å². The van der Waals surface area contributed by atoms with Crippen molar-refractivity contribution in [1.82, 2.24) is 9.55 Å². The first-order chi connectivity index (χ1) is 14.9. The molecule has 0 spiro atoms. The van der Waals surface area contributed by atoms with Crippen molar-refractivity contribution in [2.75, 3.05) is 18.0 Å². The normalized spacial score (nSPS) is 16.3. The van der Waals surface area contributed by atoms with Crippen molar-refractivity contribution >= 4 is 33.6 Å². The monoisotopic (exact) mass is 418 g/mol. The van der Waals surface area contributed by atoms with Crippen LogP contribution < -0.4 is 16.1 Å². The Morgan fingerprint density at radius 1 is 1.16 bits per heavy atom. The molecule has 2 aromatic heterocycles. The maximum atomic E-state index is 14.9. The van der Waals surface area contributed by atoms with Crippen LogP contribution in [0.25, 0.3) is 27.5 Å². The van der Waals surface area contributed by atoms with Gasteiger partial charge in [0.15, 0.2) is 17.3 Å². The SMILES string of the molecule is N[C@H]1CCN(c2nc3c(cc2F)c(=O)c(C(=O)O)cn3-c2ccc3ccccc3c2)C1. The van der Waals surface area contributed by atoms with Gasteiger partial charge in [0, 0.05) is 31.0 Å². The smallest absolute Gasteiger partial charge is 0.341 e. The number of hydrogen-bond acceptors (Lipinski definition) is 5. The van der Waals surface area contributed by atoms with Crippen molar-refractivity contribution in [2.24, 2.45) is 5.73 Å². The van der Waals surface area contributed by atoms with Crippen LogP contribution >= 0.6 is 0 Å². The van der Waals surface area contributed by atoms with Crippen molar-refractivity contribution in [3.63, 3.8) is 0 Å². The van der Waals surface area contributed by atoms with E-state index in [1.54, 1.807) is 4.90 Å². The second kappa shape index (κ2) is 7.17. The Labute approximate surface area is 176 Å². The molecule has 1 aliphatic rings. The summed E-state index contributed by atoms with van der Waals surface area (Å²) in [7, 11) is 0. The molecule has 4 aromatic rings. The summed E-state index contributed by atoms with van der Waals surface area (Å²) in [5.74, 6) is -1.94. The lowest BCUT2D eigenvalue weighted by Gasteiger charge is -2.20. The van der Waals surface area contributed by atoms with Crippen LogP contribution in [-0.2, 0) is 0 Å². The Morgan fingerprint density at radius 2 is 1.94 bits per heavy atom. The van der Waals surface area contributed by atoms with Crippen molar-refractivity contribution in [2.45, 2.75) is 12.5 Å². The maximum Gasteiger partial charge on any atom is 0.341 e. The van der Waals surface area contributed by atoms with Crippen LogP contribution in [0.4, 0.5) is 10.2 Å². The molecule has 7 nitrogen and oxygen atoms in total. The molecule has 0 aliphatic carbocycles. The van der Waals surface area contributed by atoms with Crippen LogP contribution in [0.5, 0.6) is 0 Å². The number of aromatic carboxylic acids is 1. The minimum Gasteiger partial charge on any atom is -0.477 e. The third-order valence-electron chi connectivity index (χ3n) is 5.68. The molecule has 1 saturated heterocycles. The van der Waals surface area contributed by atoms with Gasteiger partial charge in [-0.3, -0.25) is 4.79 Å². The van der Waals surface area contributed by atoms with E-state index in [-0.39, 0.29) is 22.9 Å². The molecule has 1 aliphatic heterocycles. The van der Waals surface area contributed by atoms with Crippen LogP contribution in [0.3, 0.4) is 0 Å². The summed E-state index contributed by atoms with van der Waals surface area (Å²) < 4.78 is 16.4. The molecule has 1 fully saturated rings. The number of nitrogens with zero attached hydrogens (tertiary/aromatic N) is 3. The van der Waals surface area contributed by atoms with E-state index in [0.29, 0.717) is 25.2 Å². The van der Waals surface area contributed by atoms with Gasteiger partial charge in [-0.05, 0) is 35.4 Å². The molecule has 3 N–H and O–H groups in total. The summed E-state index contributed by atoms with van der Waals surface area (Å²) in [4.78, 5) is 30.7. The highest BCUT2D eigenvalue weighted by molar-refractivity contribution is 5.93. The van der Waals surface area contributed by atoms with Gasteiger partial charge in [-0.15, -0.1) is 0 Å². The van der Waals surface area contributed by atoms with Gasteiger partial charge in [0.25, 0.3) is 0 Å². The highest BCUT2D eigenvalue weighted by atomic mass is 19.1. The van der Waals surface area contributed by atoms with Gasteiger partial charge in [-0.25, -0.2) is 14.2 Å². The average Bonchev–Trinajstić information content (AvgIpc) is 3.19. The number of carboxylic acid groups (broad SMARTS) is 1. The van der Waals surface area contributed by atoms with E-state index in [1.165, 1.54) is 10.8 Å². The van der Waals surface area contributed by atoms with Gasteiger partial charge in [-0.1, -0.05) is 30.3 Å². The van der Waals surface area contributed by atoms with Crippen molar-refractivity contribution < 1.29 is 14.3 Å². The largest absolute Gasteiger partial charge is 0.477 e. The molecule has 156 valence electrons. The predicted octanol–water partition coefficient (Wildman–Crippen LogP) is 2.91. The van der Waals surface area contributed by atoms with Crippen LogP contribution in [0, 0.1) is 5.82 Å². The molecule has 8 heteroatoms. The highest BCUT2D eigenvalue weighted by Crippen LogP contribution is 2.27. The zero-order chi connectivity index (χ0) is 21.7.